The van der Waals surface area contributed by atoms with E-state index in [9.17, 15) is 9.59 Å². The number of benzene rings is 2. The van der Waals surface area contributed by atoms with Crippen LogP contribution in [0.5, 0.6) is 0 Å². The summed E-state index contributed by atoms with van der Waals surface area (Å²) in [5, 5.41) is 3.09. The van der Waals surface area contributed by atoms with Crippen molar-refractivity contribution in [1.82, 2.24) is 10.2 Å². The Morgan fingerprint density at radius 3 is 2.66 bits per heavy atom. The second-order valence-corrected chi connectivity index (χ2v) is 9.09. The van der Waals surface area contributed by atoms with Crippen molar-refractivity contribution in [3.05, 3.63) is 64.7 Å². The SMILES string of the molecule is O=C(NCc1ccccc1CN1CCOCC1)C1CC(=O)N(c2ccc3c(c2)CCC3)C1. The average Bonchev–Trinajstić information content (AvgIpc) is 3.45. The van der Waals surface area contributed by atoms with Gasteiger partial charge < -0.3 is 15.0 Å². The lowest BCUT2D eigenvalue weighted by Gasteiger charge is -2.27. The lowest BCUT2D eigenvalue weighted by molar-refractivity contribution is -0.126. The number of amides is 2. The number of ether oxygens (including phenoxy) is 1. The number of fused-ring (bicyclic) bond motifs is 1. The normalized spacial score (nSPS) is 21.1. The maximum Gasteiger partial charge on any atom is 0.227 e. The molecule has 3 aliphatic rings. The summed E-state index contributed by atoms with van der Waals surface area (Å²) in [6.07, 6.45) is 3.67. The summed E-state index contributed by atoms with van der Waals surface area (Å²) in [4.78, 5) is 29.8. The molecule has 5 rings (SSSR count). The summed E-state index contributed by atoms with van der Waals surface area (Å²) >= 11 is 0. The molecule has 168 valence electrons. The Morgan fingerprint density at radius 2 is 1.81 bits per heavy atom. The van der Waals surface area contributed by atoms with Crippen LogP contribution in [0, 0.1) is 5.92 Å². The van der Waals surface area contributed by atoms with Crippen molar-refractivity contribution < 1.29 is 14.3 Å². The van der Waals surface area contributed by atoms with Crippen molar-refractivity contribution in [2.45, 2.75) is 38.8 Å². The summed E-state index contributed by atoms with van der Waals surface area (Å²) in [7, 11) is 0. The van der Waals surface area contributed by atoms with E-state index >= 15 is 0 Å². The lowest BCUT2D eigenvalue weighted by Crippen LogP contribution is -2.36. The number of anilines is 1. The summed E-state index contributed by atoms with van der Waals surface area (Å²) in [6, 6.07) is 14.6. The summed E-state index contributed by atoms with van der Waals surface area (Å²) in [5.41, 5.74) is 6.04. The molecule has 0 saturated carbocycles. The van der Waals surface area contributed by atoms with E-state index in [1.54, 1.807) is 4.90 Å². The maximum absolute atomic E-state index is 12.9. The second-order valence-electron chi connectivity index (χ2n) is 9.09. The van der Waals surface area contributed by atoms with Gasteiger partial charge in [-0.2, -0.15) is 0 Å². The first-order valence-electron chi connectivity index (χ1n) is 11.7. The monoisotopic (exact) mass is 433 g/mol. The van der Waals surface area contributed by atoms with Crippen molar-refractivity contribution >= 4 is 17.5 Å². The van der Waals surface area contributed by atoms with Gasteiger partial charge in [0.1, 0.15) is 0 Å². The topological polar surface area (TPSA) is 61.9 Å². The van der Waals surface area contributed by atoms with Gasteiger partial charge in [-0.15, -0.1) is 0 Å². The Morgan fingerprint density at radius 1 is 1.03 bits per heavy atom. The van der Waals surface area contributed by atoms with Crippen LogP contribution in [0.4, 0.5) is 5.69 Å². The summed E-state index contributed by atoms with van der Waals surface area (Å²) in [5.74, 6) is -0.304. The fourth-order valence-corrected chi connectivity index (χ4v) is 5.07. The first-order valence-corrected chi connectivity index (χ1v) is 11.7. The zero-order chi connectivity index (χ0) is 21.9. The molecule has 1 N–H and O–H groups in total. The third-order valence-corrected chi connectivity index (χ3v) is 6.96. The highest BCUT2D eigenvalue weighted by Crippen LogP contribution is 2.30. The van der Waals surface area contributed by atoms with Gasteiger partial charge in [-0.1, -0.05) is 30.3 Å². The molecule has 1 unspecified atom stereocenters. The molecular weight excluding hydrogens is 402 g/mol. The molecule has 6 nitrogen and oxygen atoms in total. The van der Waals surface area contributed by atoms with E-state index in [0.717, 1.165) is 56.9 Å². The van der Waals surface area contributed by atoms with Gasteiger partial charge in [0.25, 0.3) is 0 Å². The Hall–Kier alpha value is -2.70. The van der Waals surface area contributed by atoms with Crippen LogP contribution in [0.2, 0.25) is 0 Å². The van der Waals surface area contributed by atoms with Crippen molar-refractivity contribution in [3.8, 4) is 0 Å². The van der Waals surface area contributed by atoms with Crippen LogP contribution in [-0.4, -0.2) is 49.6 Å². The number of hydrogen-bond acceptors (Lipinski definition) is 4. The van der Waals surface area contributed by atoms with Gasteiger partial charge in [0, 0.05) is 44.8 Å². The third kappa shape index (κ3) is 4.57. The van der Waals surface area contributed by atoms with E-state index in [0.29, 0.717) is 13.1 Å². The highest BCUT2D eigenvalue weighted by Gasteiger charge is 2.35. The van der Waals surface area contributed by atoms with Crippen molar-refractivity contribution in [1.29, 1.82) is 0 Å². The first-order chi connectivity index (χ1) is 15.7. The lowest BCUT2D eigenvalue weighted by atomic mass is 10.1. The van der Waals surface area contributed by atoms with Crippen LogP contribution in [-0.2, 0) is 40.3 Å². The predicted octanol–water partition coefficient (Wildman–Crippen LogP) is 2.68. The molecule has 2 aromatic rings. The Balaban J connectivity index is 1.19. The molecule has 0 radical (unpaired) electrons. The number of carbonyl (C=O) groups is 2. The Labute approximate surface area is 189 Å². The number of hydrogen-bond donors (Lipinski definition) is 1. The van der Waals surface area contributed by atoms with E-state index in [-0.39, 0.29) is 24.2 Å². The van der Waals surface area contributed by atoms with Gasteiger partial charge in [0.15, 0.2) is 0 Å². The number of carbonyl (C=O) groups excluding carboxylic acids is 2. The summed E-state index contributed by atoms with van der Waals surface area (Å²) in [6.45, 7) is 5.22. The van der Waals surface area contributed by atoms with Crippen LogP contribution < -0.4 is 10.2 Å². The fraction of sp³-hybridized carbons (Fsp3) is 0.462. The van der Waals surface area contributed by atoms with Gasteiger partial charge >= 0.3 is 0 Å². The van der Waals surface area contributed by atoms with E-state index < -0.39 is 0 Å². The predicted molar refractivity (Wildman–Crippen MR) is 123 cm³/mol. The minimum absolute atomic E-state index is 0.0378. The number of morpholine rings is 1. The maximum atomic E-state index is 12.9. The van der Waals surface area contributed by atoms with E-state index in [1.165, 1.54) is 23.1 Å². The molecule has 2 fully saturated rings. The van der Waals surface area contributed by atoms with Crippen LogP contribution in [0.1, 0.15) is 35.1 Å². The molecule has 2 aliphatic heterocycles. The highest BCUT2D eigenvalue weighted by molar-refractivity contribution is 6.00. The molecule has 0 aromatic heterocycles. The van der Waals surface area contributed by atoms with Gasteiger partial charge in [-0.3, -0.25) is 14.5 Å². The standard InChI is InChI=1S/C26H31N3O3/c30-25-15-23(18-29(25)24-9-8-19-6-3-7-20(19)14-24)26(31)27-16-21-4-1-2-5-22(21)17-28-10-12-32-13-11-28/h1-2,4-5,8-9,14,23H,3,6-7,10-13,15-18H2,(H,27,31). The van der Waals surface area contributed by atoms with Crippen LogP contribution in [0.15, 0.2) is 42.5 Å². The zero-order valence-electron chi connectivity index (χ0n) is 18.5. The molecule has 0 bridgehead atoms. The molecular formula is C26H31N3O3. The Kier molecular flexibility index (Phi) is 6.23. The molecule has 1 atom stereocenters. The van der Waals surface area contributed by atoms with Crippen LogP contribution in [0.25, 0.3) is 0 Å². The van der Waals surface area contributed by atoms with E-state index in [1.807, 2.05) is 18.2 Å². The summed E-state index contributed by atoms with van der Waals surface area (Å²) < 4.78 is 5.44. The molecule has 2 amide bonds. The molecule has 1 aliphatic carbocycles. The number of nitrogens with zero attached hydrogens (tertiary/aromatic N) is 2. The van der Waals surface area contributed by atoms with E-state index in [2.05, 4.69) is 34.5 Å². The third-order valence-electron chi connectivity index (χ3n) is 6.96. The first kappa shape index (κ1) is 21.2. The van der Waals surface area contributed by atoms with Gasteiger partial charge in [-0.05, 0) is 53.6 Å². The number of nitrogens with one attached hydrogen (secondary N) is 1. The van der Waals surface area contributed by atoms with Gasteiger partial charge in [-0.25, -0.2) is 0 Å². The van der Waals surface area contributed by atoms with E-state index in [4.69, 9.17) is 4.74 Å². The van der Waals surface area contributed by atoms with Gasteiger partial charge in [0.05, 0.1) is 19.1 Å². The smallest absolute Gasteiger partial charge is 0.227 e. The molecule has 2 saturated heterocycles. The zero-order valence-corrected chi connectivity index (χ0v) is 18.5. The van der Waals surface area contributed by atoms with Crippen LogP contribution in [0.3, 0.4) is 0 Å². The number of rotatable bonds is 6. The Bertz CT molecular complexity index is 1000. The van der Waals surface area contributed by atoms with Crippen LogP contribution >= 0.6 is 0 Å². The van der Waals surface area contributed by atoms with Crippen molar-refractivity contribution in [2.75, 3.05) is 37.7 Å². The highest BCUT2D eigenvalue weighted by atomic mass is 16.5. The second kappa shape index (κ2) is 9.43. The molecule has 32 heavy (non-hydrogen) atoms. The van der Waals surface area contributed by atoms with Crippen molar-refractivity contribution in [2.24, 2.45) is 5.92 Å². The minimum atomic E-state index is -0.304. The molecule has 2 heterocycles. The average molecular weight is 434 g/mol. The molecule has 6 heteroatoms. The number of aryl methyl sites for hydroxylation is 2. The minimum Gasteiger partial charge on any atom is -0.379 e. The van der Waals surface area contributed by atoms with Gasteiger partial charge in [0.2, 0.25) is 11.8 Å². The largest absolute Gasteiger partial charge is 0.379 e. The van der Waals surface area contributed by atoms with Crippen molar-refractivity contribution in [3.63, 3.8) is 0 Å². The molecule has 0 spiro atoms. The fourth-order valence-electron chi connectivity index (χ4n) is 5.07. The molecule has 2 aromatic carbocycles. The quantitative estimate of drug-likeness (QED) is 0.761.